The topological polar surface area (TPSA) is 0 Å². The van der Waals surface area contributed by atoms with Gasteiger partial charge in [-0.25, -0.2) is 0 Å². The molecule has 17 heavy (non-hydrogen) atoms. The molecule has 0 atom stereocenters. The standard InChI is InChI=1S/C17H27/c1-6-7-8-9-10-11-17-15(4)13(2)12-14(3)16(17)5/h11-12H,6-10H2,1-5H3. The Hall–Kier alpha value is -0.780. The zero-order valence-corrected chi connectivity index (χ0v) is 12.2. The zero-order chi connectivity index (χ0) is 12.8. The number of hydrogen-bond donors (Lipinski definition) is 0. The van der Waals surface area contributed by atoms with E-state index in [1.54, 1.807) is 0 Å². The molecule has 0 aliphatic heterocycles. The summed E-state index contributed by atoms with van der Waals surface area (Å²) in [5.41, 5.74) is 7.26. The van der Waals surface area contributed by atoms with Gasteiger partial charge in [-0.05, 0) is 68.4 Å². The molecule has 0 heteroatoms. The minimum atomic E-state index is 1.23. The van der Waals surface area contributed by atoms with E-state index in [2.05, 4.69) is 47.1 Å². The minimum Gasteiger partial charge on any atom is -0.0654 e. The summed E-state index contributed by atoms with van der Waals surface area (Å²) in [5.74, 6) is 0. The highest BCUT2D eigenvalue weighted by molar-refractivity contribution is 5.47. The quantitative estimate of drug-likeness (QED) is 0.572. The van der Waals surface area contributed by atoms with E-state index in [-0.39, 0.29) is 0 Å². The minimum absolute atomic E-state index is 1.23. The van der Waals surface area contributed by atoms with Gasteiger partial charge < -0.3 is 0 Å². The fraction of sp³-hybridized carbons (Fsp3) is 0.588. The summed E-state index contributed by atoms with van der Waals surface area (Å²) in [6, 6.07) is 2.30. The first-order valence-corrected chi connectivity index (χ1v) is 6.98. The van der Waals surface area contributed by atoms with Crippen LogP contribution in [-0.4, -0.2) is 0 Å². The average molecular weight is 231 g/mol. The van der Waals surface area contributed by atoms with Crippen molar-refractivity contribution in [2.75, 3.05) is 0 Å². The maximum atomic E-state index is 2.44. The van der Waals surface area contributed by atoms with Crippen LogP contribution in [0.5, 0.6) is 0 Å². The number of benzene rings is 1. The molecule has 0 bridgehead atoms. The Morgan fingerprint density at radius 1 is 0.882 bits per heavy atom. The third-order valence-electron chi connectivity index (χ3n) is 3.83. The lowest BCUT2D eigenvalue weighted by Gasteiger charge is -2.15. The van der Waals surface area contributed by atoms with Crippen molar-refractivity contribution in [2.24, 2.45) is 0 Å². The number of rotatable bonds is 6. The van der Waals surface area contributed by atoms with Crippen LogP contribution < -0.4 is 0 Å². The first-order chi connectivity index (χ1) is 8.07. The molecular weight excluding hydrogens is 204 g/mol. The molecule has 0 N–H and O–H groups in total. The predicted octanol–water partition coefficient (Wildman–Crippen LogP) is 5.44. The van der Waals surface area contributed by atoms with Crippen LogP contribution in [0.2, 0.25) is 0 Å². The van der Waals surface area contributed by atoms with Gasteiger partial charge in [0.05, 0.1) is 0 Å². The Balaban J connectivity index is 2.64. The van der Waals surface area contributed by atoms with Crippen LogP contribution >= 0.6 is 0 Å². The Morgan fingerprint density at radius 3 is 2.00 bits per heavy atom. The van der Waals surface area contributed by atoms with Crippen molar-refractivity contribution >= 4 is 0 Å². The van der Waals surface area contributed by atoms with Crippen molar-refractivity contribution in [1.82, 2.24) is 0 Å². The van der Waals surface area contributed by atoms with E-state index in [1.807, 2.05) is 0 Å². The van der Waals surface area contributed by atoms with Gasteiger partial charge in [-0.1, -0.05) is 38.7 Å². The second-order valence-electron chi connectivity index (χ2n) is 5.23. The lowest BCUT2D eigenvalue weighted by atomic mass is 9.91. The van der Waals surface area contributed by atoms with E-state index in [1.165, 1.54) is 59.9 Å². The third-order valence-corrected chi connectivity index (χ3v) is 3.83. The van der Waals surface area contributed by atoms with Crippen LogP contribution in [0.15, 0.2) is 6.07 Å². The maximum Gasteiger partial charge on any atom is -0.00874 e. The molecular formula is C17H27. The summed E-state index contributed by atoms with van der Waals surface area (Å²) >= 11 is 0. The van der Waals surface area contributed by atoms with Crippen LogP contribution in [0.4, 0.5) is 0 Å². The molecule has 0 heterocycles. The normalized spacial score (nSPS) is 10.9. The van der Waals surface area contributed by atoms with E-state index < -0.39 is 0 Å². The molecule has 0 aromatic heterocycles. The molecule has 0 spiro atoms. The first kappa shape index (κ1) is 14.3. The van der Waals surface area contributed by atoms with Gasteiger partial charge >= 0.3 is 0 Å². The van der Waals surface area contributed by atoms with E-state index >= 15 is 0 Å². The molecule has 0 amide bonds. The molecule has 0 saturated carbocycles. The zero-order valence-electron chi connectivity index (χ0n) is 12.2. The summed E-state index contributed by atoms with van der Waals surface area (Å²) in [4.78, 5) is 0. The van der Waals surface area contributed by atoms with Crippen molar-refractivity contribution < 1.29 is 0 Å². The van der Waals surface area contributed by atoms with Crippen LogP contribution in [-0.2, 0) is 0 Å². The fourth-order valence-electron chi connectivity index (χ4n) is 2.37. The van der Waals surface area contributed by atoms with E-state index in [4.69, 9.17) is 0 Å². The molecule has 1 radical (unpaired) electrons. The monoisotopic (exact) mass is 231 g/mol. The second-order valence-corrected chi connectivity index (χ2v) is 5.23. The predicted molar refractivity (Wildman–Crippen MR) is 77.6 cm³/mol. The summed E-state index contributed by atoms with van der Waals surface area (Å²) in [6.45, 7) is 11.2. The van der Waals surface area contributed by atoms with E-state index in [0.717, 1.165) is 0 Å². The molecule has 1 aromatic carbocycles. The van der Waals surface area contributed by atoms with Crippen LogP contribution in [0.25, 0.3) is 0 Å². The molecule has 0 fully saturated rings. The Kier molecular flexibility index (Phi) is 5.74. The Morgan fingerprint density at radius 2 is 1.47 bits per heavy atom. The number of aryl methyl sites for hydroxylation is 2. The average Bonchev–Trinajstić information content (AvgIpc) is 2.30. The largest absolute Gasteiger partial charge is 0.0654 e. The lowest BCUT2D eigenvalue weighted by molar-refractivity contribution is 0.664. The molecule has 0 aliphatic carbocycles. The van der Waals surface area contributed by atoms with E-state index in [0.29, 0.717) is 0 Å². The van der Waals surface area contributed by atoms with Crippen molar-refractivity contribution in [2.45, 2.75) is 66.7 Å². The molecule has 0 aliphatic rings. The molecule has 0 saturated heterocycles. The molecule has 0 unspecified atom stereocenters. The van der Waals surface area contributed by atoms with Crippen LogP contribution in [0.3, 0.4) is 0 Å². The van der Waals surface area contributed by atoms with Gasteiger partial charge in [0, 0.05) is 0 Å². The molecule has 1 rings (SSSR count). The summed E-state index contributed by atoms with van der Waals surface area (Å²) in [5, 5.41) is 0. The van der Waals surface area contributed by atoms with Crippen LogP contribution in [0, 0.1) is 34.1 Å². The third kappa shape index (κ3) is 3.87. The molecule has 0 nitrogen and oxygen atoms in total. The van der Waals surface area contributed by atoms with Gasteiger partial charge in [0.15, 0.2) is 0 Å². The van der Waals surface area contributed by atoms with E-state index in [9.17, 15) is 0 Å². The smallest absolute Gasteiger partial charge is 0.00874 e. The highest BCUT2D eigenvalue weighted by Gasteiger charge is 2.07. The van der Waals surface area contributed by atoms with Gasteiger partial charge in [-0.2, -0.15) is 0 Å². The second kappa shape index (κ2) is 6.83. The van der Waals surface area contributed by atoms with Gasteiger partial charge in [-0.15, -0.1) is 0 Å². The van der Waals surface area contributed by atoms with Gasteiger partial charge in [0.2, 0.25) is 0 Å². The highest BCUT2D eigenvalue weighted by Crippen LogP contribution is 2.24. The summed E-state index contributed by atoms with van der Waals surface area (Å²) in [6.07, 6.45) is 9.07. The van der Waals surface area contributed by atoms with Gasteiger partial charge in [0.1, 0.15) is 0 Å². The SMILES string of the molecule is CCCCCC[CH]c1c(C)c(C)cc(C)c1C. The van der Waals surface area contributed by atoms with Crippen molar-refractivity contribution in [1.29, 1.82) is 0 Å². The van der Waals surface area contributed by atoms with Crippen molar-refractivity contribution in [3.05, 3.63) is 40.3 Å². The van der Waals surface area contributed by atoms with Crippen molar-refractivity contribution in [3.63, 3.8) is 0 Å². The number of hydrogen-bond acceptors (Lipinski definition) is 0. The Bertz CT molecular complexity index is 335. The summed E-state index contributed by atoms with van der Waals surface area (Å²) in [7, 11) is 0. The molecule has 95 valence electrons. The highest BCUT2D eigenvalue weighted by atomic mass is 14.1. The number of unbranched alkanes of at least 4 members (excludes halogenated alkanes) is 4. The van der Waals surface area contributed by atoms with Gasteiger partial charge in [-0.3, -0.25) is 0 Å². The Labute approximate surface area is 107 Å². The van der Waals surface area contributed by atoms with Gasteiger partial charge in [0.25, 0.3) is 0 Å². The molecule has 1 aromatic rings. The van der Waals surface area contributed by atoms with Crippen LogP contribution in [0.1, 0.15) is 66.8 Å². The first-order valence-electron chi connectivity index (χ1n) is 6.98. The lowest BCUT2D eigenvalue weighted by Crippen LogP contribution is -1.98. The van der Waals surface area contributed by atoms with Crippen molar-refractivity contribution in [3.8, 4) is 0 Å². The summed E-state index contributed by atoms with van der Waals surface area (Å²) < 4.78 is 0. The maximum absolute atomic E-state index is 2.44. The fourth-order valence-corrected chi connectivity index (χ4v) is 2.37.